The number of esters is 2. The van der Waals surface area contributed by atoms with Gasteiger partial charge in [-0.25, -0.2) is 4.79 Å². The highest BCUT2D eigenvalue weighted by Gasteiger charge is 2.52. The van der Waals surface area contributed by atoms with Gasteiger partial charge in [-0.1, -0.05) is 109 Å². The second kappa shape index (κ2) is 54.6. The summed E-state index contributed by atoms with van der Waals surface area (Å²) in [5.41, 5.74) is 11.0. The summed E-state index contributed by atoms with van der Waals surface area (Å²) in [6.07, 6.45) is -25.2. The van der Waals surface area contributed by atoms with Gasteiger partial charge >= 0.3 is 11.9 Å². The zero-order valence-corrected chi connectivity index (χ0v) is 73.2. The summed E-state index contributed by atoms with van der Waals surface area (Å²) < 4.78 is 46.2. The Balaban J connectivity index is 1.61. The Hall–Kier alpha value is -8.85. The van der Waals surface area contributed by atoms with Crippen LogP contribution < -0.4 is 59.3 Å². The Morgan fingerprint density at radius 2 is 1.27 bits per heavy atom. The molecule has 0 aromatic heterocycles. The average molecular weight is 1820 g/mol. The van der Waals surface area contributed by atoms with E-state index in [9.17, 15) is 104 Å². The summed E-state index contributed by atoms with van der Waals surface area (Å²) in [5, 5.41) is 154. The first-order chi connectivity index (χ1) is 60.1. The van der Waals surface area contributed by atoms with E-state index < -0.39 is 300 Å². The minimum Gasteiger partial charge on any atom is -0.508 e. The number of aliphatic hydroxyl groups is 11. The Bertz CT molecular complexity index is 3740. The number of phenolic OH excluding ortho intramolecular Hbond substituents is 1. The monoisotopic (exact) mass is 1810 g/mol. The summed E-state index contributed by atoms with van der Waals surface area (Å²) in [4.78, 5) is 185. The van der Waals surface area contributed by atoms with Gasteiger partial charge in [0.2, 0.25) is 53.2 Å². The third-order valence-corrected chi connectivity index (χ3v) is 22.0. The lowest BCUT2D eigenvalue weighted by molar-refractivity contribution is -0.339. The van der Waals surface area contributed by atoms with Crippen molar-refractivity contribution in [2.24, 2.45) is 11.5 Å². The van der Waals surface area contributed by atoms with Crippen LogP contribution in [0.5, 0.6) is 5.75 Å². The second-order valence-electron chi connectivity index (χ2n) is 32.4. The molecule has 4 heterocycles. The van der Waals surface area contributed by atoms with Gasteiger partial charge in [-0.2, -0.15) is 0 Å². The van der Waals surface area contributed by atoms with Crippen molar-refractivity contribution in [3.63, 3.8) is 0 Å². The van der Waals surface area contributed by atoms with E-state index in [0.717, 1.165) is 106 Å². The van der Waals surface area contributed by atoms with Crippen LogP contribution in [-0.4, -0.2) is 348 Å². The summed E-state index contributed by atoms with van der Waals surface area (Å²) >= 11 is 0. The van der Waals surface area contributed by atoms with Gasteiger partial charge in [-0.15, -0.1) is 0 Å². The Morgan fingerprint density at radius 3 is 1.84 bits per heavy atom. The van der Waals surface area contributed by atoms with Crippen LogP contribution in [0.1, 0.15) is 183 Å². The number of unbranched alkanes of at least 4 members (excludes halogenated alkanes) is 13. The van der Waals surface area contributed by atoms with Gasteiger partial charge in [-0.3, -0.25) is 57.5 Å². The minimum atomic E-state index is -2.39. The van der Waals surface area contributed by atoms with Gasteiger partial charge in [-0.05, 0) is 91.0 Å². The highest BCUT2D eigenvalue weighted by Crippen LogP contribution is 2.31. The number of nitrogens with two attached hydrogens (primary N) is 2. The molecule has 45 heteroatoms. The Kier molecular flexibility index (Phi) is 46.7. The average Bonchev–Trinajstić information content (AvgIpc) is 0.801. The third-order valence-electron chi connectivity index (χ3n) is 22.0. The standard InChI is InChI=1S/C82H134N12O33/c1-10-12-13-14-15-16-17-18-19-20-21-22-23-27-53(124-81-69(110)70(52(101)38-121-81)127-80-61(86-44(7)98)66(107)63(104)54(37-95)125-80)65(106)78(118)92-59(41(4)97)75(115)93-60-42(5)122-79(119)50(26-24-25-34-83)89-77(117)62(43(6)123-82-68(109)67(108)64(105)55(126-82)39-120-45(8)99)94(9)57(103)36-85-71(111)49(32-33-56(84)102)88-72(112)48(11-2)87-73(113)51(35-46-28-30-47(100)31-29-46)90-74(114)58(40(3)96)91-76(60)116/h11,28-31,40-43,49-55,58-70,80-82,95-97,100-101,104-110H,10,12-27,32-39,83H2,1-9H3,(H2,84,102)(H,85,111)(H,86,98)(H,87,113)(H,88,112)(H,89,117)(H,90,114)(H,91,116)(H,92,118)(H,93,115). The number of rotatable bonds is 41. The molecule has 4 aliphatic rings. The normalized spacial score (nSPS) is 30.2. The van der Waals surface area contributed by atoms with Gasteiger partial charge in [0.25, 0.3) is 11.8 Å². The summed E-state index contributed by atoms with van der Waals surface area (Å²) in [7, 11) is 1.01. The van der Waals surface area contributed by atoms with Crippen LogP contribution in [0.3, 0.4) is 0 Å². The second-order valence-corrected chi connectivity index (χ2v) is 32.4. The molecule has 0 saturated carbocycles. The molecule has 720 valence electrons. The fourth-order valence-corrected chi connectivity index (χ4v) is 14.6. The van der Waals surface area contributed by atoms with Crippen LogP contribution >= 0.6 is 0 Å². The number of benzene rings is 1. The molecule has 0 bridgehead atoms. The van der Waals surface area contributed by atoms with Gasteiger partial charge in [0.15, 0.2) is 25.0 Å². The molecule has 11 amide bonds. The van der Waals surface area contributed by atoms with Gasteiger partial charge < -0.3 is 163 Å². The SMILES string of the molecule is CC=C1NC(=O)C(Cc2ccc(O)cc2)NC(=O)C(C(C)O)NC(=O)C(NC(=O)C(NC(=O)C(O)C(CCCCCCCCCCCCCCC)OC2OCC(O)C(OC3OC(CO)C(O)C(O)C3NC(C)=O)C2O)C(C)O)C(C)OC(=O)C(CCCCN)NC(=O)C(C(C)OC2OC(COC(C)=O)C(O)C(O)C2O)N(C)C(=O)CNC(=O)C(CCC(N)=O)NC1=O. The first kappa shape index (κ1) is 109. The number of carbonyl (C=O) groups excluding carboxylic acids is 13. The lowest BCUT2D eigenvalue weighted by Gasteiger charge is -2.46. The highest BCUT2D eigenvalue weighted by atomic mass is 16.7. The zero-order chi connectivity index (χ0) is 94.6. The molecule has 27 unspecified atom stereocenters. The number of hydrogen-bond donors (Lipinski definition) is 23. The van der Waals surface area contributed by atoms with Crippen LogP contribution in [0.4, 0.5) is 0 Å². The fourth-order valence-electron chi connectivity index (χ4n) is 14.6. The van der Waals surface area contributed by atoms with Crippen LogP contribution in [-0.2, 0) is 107 Å². The van der Waals surface area contributed by atoms with Crippen molar-refractivity contribution in [1.82, 2.24) is 52.8 Å². The summed E-state index contributed by atoms with van der Waals surface area (Å²) in [6.45, 7) is 6.30. The number of hydrogen-bond acceptors (Lipinski definition) is 34. The topological polar surface area (TPSA) is 702 Å². The van der Waals surface area contributed by atoms with Crippen molar-refractivity contribution < 1.29 is 162 Å². The maximum absolute atomic E-state index is 15.3. The van der Waals surface area contributed by atoms with Crippen LogP contribution in [0, 0.1) is 0 Å². The van der Waals surface area contributed by atoms with E-state index in [4.69, 9.17) is 49.4 Å². The summed E-state index contributed by atoms with van der Waals surface area (Å²) in [6, 6.07) is -10.8. The van der Waals surface area contributed by atoms with Crippen molar-refractivity contribution >= 4 is 76.9 Å². The number of allylic oxidation sites excluding steroid dienone is 1. The number of likely N-dealkylation sites (N-methyl/N-ethyl adjacent to an activating group) is 1. The van der Waals surface area contributed by atoms with E-state index in [0.29, 0.717) is 17.7 Å². The van der Waals surface area contributed by atoms with Crippen molar-refractivity contribution in [2.45, 2.75) is 349 Å². The molecule has 0 radical (unpaired) electrons. The molecule has 5 rings (SSSR count). The molecule has 25 N–H and O–H groups in total. The van der Waals surface area contributed by atoms with E-state index in [-0.39, 0.29) is 43.5 Å². The van der Waals surface area contributed by atoms with Gasteiger partial charge in [0.1, 0.15) is 134 Å². The highest BCUT2D eigenvalue weighted by molar-refractivity contribution is 6.02. The maximum Gasteiger partial charge on any atom is 0.328 e. The number of aromatic hydroxyl groups is 1. The first-order valence-corrected chi connectivity index (χ1v) is 43.1. The Labute approximate surface area is 735 Å². The summed E-state index contributed by atoms with van der Waals surface area (Å²) in [5.74, 6) is -16.2. The number of carbonyl (C=O) groups is 13. The number of primary amides is 1. The zero-order valence-electron chi connectivity index (χ0n) is 73.2. The van der Waals surface area contributed by atoms with E-state index in [1.54, 1.807) is 0 Å². The lowest BCUT2D eigenvalue weighted by Crippen LogP contribution is -2.67. The minimum absolute atomic E-state index is 0.0124. The molecule has 0 spiro atoms. The van der Waals surface area contributed by atoms with Crippen LogP contribution in [0.15, 0.2) is 36.0 Å². The molecule has 4 saturated heterocycles. The fraction of sp³-hybridized carbons (Fsp3) is 0.744. The number of aliphatic hydroxyl groups excluding tert-OH is 11. The first-order valence-electron chi connectivity index (χ1n) is 43.1. The number of ether oxygens (including phenoxy) is 8. The molecular formula is C82H134N12O33. The number of nitrogens with zero attached hydrogens (tertiary/aromatic N) is 1. The van der Waals surface area contributed by atoms with Crippen molar-refractivity contribution in [2.75, 3.05) is 40.0 Å². The number of cyclic esters (lactones) is 1. The van der Waals surface area contributed by atoms with E-state index in [2.05, 4.69) is 54.8 Å². The van der Waals surface area contributed by atoms with Gasteiger partial charge in [0.05, 0.1) is 44.2 Å². The Morgan fingerprint density at radius 1 is 0.661 bits per heavy atom. The molecule has 4 fully saturated rings. The van der Waals surface area contributed by atoms with Crippen molar-refractivity contribution in [3.8, 4) is 5.75 Å². The van der Waals surface area contributed by atoms with Gasteiger partial charge in [0, 0.05) is 33.7 Å². The predicted molar refractivity (Wildman–Crippen MR) is 442 cm³/mol. The number of nitrogens with one attached hydrogen (secondary N) is 9. The smallest absolute Gasteiger partial charge is 0.328 e. The quantitative estimate of drug-likeness (QED) is 0.0165. The molecule has 1 aromatic carbocycles. The van der Waals surface area contributed by atoms with Crippen molar-refractivity contribution in [1.29, 1.82) is 0 Å². The molecule has 1 aromatic rings. The molecule has 0 aliphatic carbocycles. The number of phenols is 1. The molecular weight excluding hydrogens is 1680 g/mol. The largest absolute Gasteiger partial charge is 0.508 e. The van der Waals surface area contributed by atoms with E-state index in [1.807, 2.05) is 0 Å². The molecule has 4 aliphatic heterocycles. The molecule has 127 heavy (non-hydrogen) atoms. The van der Waals surface area contributed by atoms with Crippen LogP contribution in [0.25, 0.3) is 0 Å². The van der Waals surface area contributed by atoms with Crippen molar-refractivity contribution in [3.05, 3.63) is 41.6 Å². The number of amides is 11. The predicted octanol–water partition coefficient (Wildman–Crippen LogP) is -6.68. The lowest BCUT2D eigenvalue weighted by atomic mass is 9.96. The van der Waals surface area contributed by atoms with Crippen LogP contribution in [0.2, 0.25) is 0 Å². The van der Waals surface area contributed by atoms with E-state index in [1.165, 1.54) is 44.0 Å². The van der Waals surface area contributed by atoms with E-state index >= 15 is 19.2 Å². The molecule has 45 nitrogen and oxygen atoms in total. The molecule has 27 atom stereocenters. The third kappa shape index (κ3) is 34.2. The maximum atomic E-state index is 15.3.